The van der Waals surface area contributed by atoms with Crippen LogP contribution in [0.5, 0.6) is 0 Å². The van der Waals surface area contributed by atoms with E-state index in [0.717, 1.165) is 34.2 Å². The van der Waals surface area contributed by atoms with E-state index < -0.39 is 0 Å². The molecule has 0 saturated heterocycles. The van der Waals surface area contributed by atoms with Crippen LogP contribution in [0.1, 0.15) is 45.1 Å². The molecular weight excluding hydrogens is 260 g/mol. The van der Waals surface area contributed by atoms with Crippen molar-refractivity contribution in [1.82, 2.24) is 4.90 Å². The highest BCUT2D eigenvalue weighted by Gasteiger charge is 2.16. The summed E-state index contributed by atoms with van der Waals surface area (Å²) >= 11 is 10.6. The van der Waals surface area contributed by atoms with Gasteiger partial charge in [0, 0.05) is 6.54 Å². The van der Waals surface area contributed by atoms with Crippen molar-refractivity contribution in [2.45, 2.75) is 39.5 Å². The van der Waals surface area contributed by atoms with Crippen molar-refractivity contribution in [2.24, 2.45) is 0 Å². The topological polar surface area (TPSA) is 15.3 Å². The van der Waals surface area contributed by atoms with Gasteiger partial charge in [-0.15, -0.1) is 0 Å². The maximum Gasteiger partial charge on any atom is 0.0796 e. The first-order chi connectivity index (χ1) is 8.49. The van der Waals surface area contributed by atoms with Crippen molar-refractivity contribution in [3.05, 3.63) is 14.6 Å². The highest BCUT2D eigenvalue weighted by Crippen LogP contribution is 2.32. The van der Waals surface area contributed by atoms with Gasteiger partial charge in [0.25, 0.3) is 0 Å². The van der Waals surface area contributed by atoms with Crippen LogP contribution in [-0.4, -0.2) is 31.6 Å². The van der Waals surface area contributed by atoms with Crippen LogP contribution in [0.25, 0.3) is 0 Å². The molecule has 18 heavy (non-hydrogen) atoms. The fourth-order valence-corrected chi connectivity index (χ4v) is 2.92. The second kappa shape index (κ2) is 7.31. The highest BCUT2D eigenvalue weighted by atomic mass is 32.1. The number of hydrogen-bond donors (Lipinski definition) is 1. The van der Waals surface area contributed by atoms with Crippen LogP contribution < -0.4 is 5.32 Å². The molecule has 0 aliphatic rings. The van der Waals surface area contributed by atoms with Crippen LogP contribution in [0.2, 0.25) is 0 Å². The lowest BCUT2D eigenvalue weighted by atomic mass is 9.97. The van der Waals surface area contributed by atoms with Crippen molar-refractivity contribution < 1.29 is 0 Å². The zero-order chi connectivity index (χ0) is 13.7. The Balaban J connectivity index is 2.39. The molecule has 0 aliphatic carbocycles. The Morgan fingerprint density at radius 3 is 2.39 bits per heavy atom. The number of nitrogens with one attached hydrogen (secondary N) is 1. The van der Waals surface area contributed by atoms with Gasteiger partial charge in [0.2, 0.25) is 0 Å². The first kappa shape index (κ1) is 15.7. The van der Waals surface area contributed by atoms with Gasteiger partial charge in [-0.1, -0.05) is 45.2 Å². The lowest BCUT2D eigenvalue weighted by Gasteiger charge is -2.20. The van der Waals surface area contributed by atoms with Gasteiger partial charge in [-0.2, -0.15) is 0 Å². The van der Waals surface area contributed by atoms with Gasteiger partial charge in [-0.3, -0.25) is 0 Å². The Bertz CT molecular complexity index is 445. The van der Waals surface area contributed by atoms with E-state index in [1.165, 1.54) is 18.5 Å². The van der Waals surface area contributed by atoms with E-state index in [-0.39, 0.29) is 0 Å². The van der Waals surface area contributed by atoms with Gasteiger partial charge >= 0.3 is 0 Å². The Morgan fingerprint density at radius 1 is 1.17 bits per heavy atom. The highest BCUT2D eigenvalue weighted by molar-refractivity contribution is 7.74. The molecule has 0 radical (unpaired) electrons. The third kappa shape index (κ3) is 3.84. The molecule has 102 valence electrons. The summed E-state index contributed by atoms with van der Waals surface area (Å²) in [4.78, 5) is 2.36. The standard InChI is InChI=1S/C14H24N2S2/c1-5-8-16(4)9-6-7-15-12-11(10(2)3)13(17)14(12)18/h10,15H,5-9H2,1-4H3. The van der Waals surface area contributed by atoms with E-state index in [2.05, 4.69) is 38.0 Å². The van der Waals surface area contributed by atoms with Crippen LogP contribution in [0.3, 0.4) is 0 Å². The summed E-state index contributed by atoms with van der Waals surface area (Å²) in [6.07, 6.45) is 2.35. The molecule has 1 aromatic carbocycles. The average Bonchev–Trinajstić information content (AvgIpc) is 2.31. The smallest absolute Gasteiger partial charge is 0.0796 e. The number of rotatable bonds is 8. The zero-order valence-electron chi connectivity index (χ0n) is 11.9. The lowest BCUT2D eigenvalue weighted by molar-refractivity contribution is 0.333. The monoisotopic (exact) mass is 284 g/mol. The molecule has 0 aliphatic heterocycles. The van der Waals surface area contributed by atoms with Crippen molar-refractivity contribution in [1.29, 1.82) is 0 Å². The molecule has 4 heteroatoms. The maximum absolute atomic E-state index is 5.29. The summed E-state index contributed by atoms with van der Waals surface area (Å²) in [7, 11) is 2.17. The SMILES string of the molecule is CCCN(C)CCCNc1c(C(C)C)c(=S)c1=S. The maximum atomic E-state index is 5.29. The summed E-state index contributed by atoms with van der Waals surface area (Å²) in [5.41, 5.74) is 2.38. The zero-order valence-corrected chi connectivity index (χ0v) is 13.5. The van der Waals surface area contributed by atoms with Gasteiger partial charge in [0.15, 0.2) is 0 Å². The Kier molecular flexibility index (Phi) is 6.39. The van der Waals surface area contributed by atoms with Crippen LogP contribution in [0, 0.1) is 9.02 Å². The van der Waals surface area contributed by atoms with Crippen molar-refractivity contribution in [3.8, 4) is 0 Å². The molecule has 0 aromatic heterocycles. The van der Waals surface area contributed by atoms with E-state index >= 15 is 0 Å². The number of anilines is 1. The minimum absolute atomic E-state index is 0.467. The molecular formula is C14H24N2S2. The van der Waals surface area contributed by atoms with Crippen molar-refractivity contribution >= 4 is 30.1 Å². The molecule has 0 heterocycles. The number of nitrogens with zero attached hydrogens (tertiary/aromatic N) is 1. The molecule has 0 fully saturated rings. The predicted molar refractivity (Wildman–Crippen MR) is 85.5 cm³/mol. The second-order valence-electron chi connectivity index (χ2n) is 5.19. The summed E-state index contributed by atoms with van der Waals surface area (Å²) in [5.74, 6) is 0.467. The molecule has 0 saturated carbocycles. The minimum atomic E-state index is 0.467. The molecule has 2 nitrogen and oxygen atoms in total. The molecule has 0 atom stereocenters. The summed E-state index contributed by atoms with van der Waals surface area (Å²) in [5, 5.41) is 3.45. The minimum Gasteiger partial charge on any atom is -0.384 e. The third-order valence-corrected chi connectivity index (χ3v) is 4.11. The van der Waals surface area contributed by atoms with Crippen LogP contribution >= 0.6 is 24.4 Å². The largest absolute Gasteiger partial charge is 0.384 e. The Morgan fingerprint density at radius 2 is 1.83 bits per heavy atom. The summed E-state index contributed by atoms with van der Waals surface area (Å²) < 4.78 is 1.75. The summed E-state index contributed by atoms with van der Waals surface area (Å²) in [6, 6.07) is 0. The van der Waals surface area contributed by atoms with E-state index in [1.807, 2.05) is 0 Å². The van der Waals surface area contributed by atoms with E-state index in [9.17, 15) is 0 Å². The predicted octanol–water partition coefficient (Wildman–Crippen LogP) is 4.29. The fraction of sp³-hybridized carbons (Fsp3) is 0.714. The van der Waals surface area contributed by atoms with Crippen LogP contribution in [0.4, 0.5) is 5.69 Å². The van der Waals surface area contributed by atoms with Gasteiger partial charge < -0.3 is 10.2 Å². The second-order valence-corrected chi connectivity index (χ2v) is 6.00. The average molecular weight is 284 g/mol. The Hall–Kier alpha value is -0.320. The molecule has 0 unspecified atom stereocenters. The lowest BCUT2D eigenvalue weighted by Crippen LogP contribution is -2.22. The van der Waals surface area contributed by atoms with Crippen LogP contribution in [0.15, 0.2) is 0 Å². The fourth-order valence-electron chi connectivity index (χ4n) is 2.19. The van der Waals surface area contributed by atoms with Gasteiger partial charge in [-0.25, -0.2) is 0 Å². The normalized spacial score (nSPS) is 11.7. The van der Waals surface area contributed by atoms with Gasteiger partial charge in [0.1, 0.15) is 0 Å². The van der Waals surface area contributed by atoms with E-state index in [0.29, 0.717) is 5.92 Å². The van der Waals surface area contributed by atoms with Crippen molar-refractivity contribution in [2.75, 3.05) is 32.0 Å². The summed E-state index contributed by atoms with van der Waals surface area (Å²) in [6.45, 7) is 9.82. The number of hydrogen-bond acceptors (Lipinski definition) is 4. The molecule has 0 bridgehead atoms. The molecule has 1 rings (SSSR count). The quantitative estimate of drug-likeness (QED) is 0.565. The first-order valence-electron chi connectivity index (χ1n) is 6.74. The Labute approximate surface area is 121 Å². The van der Waals surface area contributed by atoms with Gasteiger partial charge in [0.05, 0.1) is 14.7 Å². The first-order valence-corrected chi connectivity index (χ1v) is 7.56. The van der Waals surface area contributed by atoms with Crippen molar-refractivity contribution in [3.63, 3.8) is 0 Å². The van der Waals surface area contributed by atoms with Crippen LogP contribution in [-0.2, 0) is 0 Å². The van der Waals surface area contributed by atoms with E-state index in [4.69, 9.17) is 24.4 Å². The molecule has 0 amide bonds. The molecule has 1 aromatic rings. The third-order valence-electron chi connectivity index (χ3n) is 3.15. The van der Waals surface area contributed by atoms with E-state index in [1.54, 1.807) is 0 Å². The molecule has 0 spiro atoms. The van der Waals surface area contributed by atoms with Gasteiger partial charge in [-0.05, 0) is 44.5 Å². The molecule has 1 N–H and O–H groups in total.